The summed E-state index contributed by atoms with van der Waals surface area (Å²) in [5, 5.41) is 9.58. The van der Waals surface area contributed by atoms with Crippen molar-refractivity contribution in [1.29, 1.82) is 0 Å². The van der Waals surface area contributed by atoms with Crippen molar-refractivity contribution < 1.29 is 14.4 Å². The summed E-state index contributed by atoms with van der Waals surface area (Å²) in [6, 6.07) is 5.77. The number of nitrogens with zero attached hydrogens (tertiary/aromatic N) is 1. The van der Waals surface area contributed by atoms with E-state index in [0.717, 1.165) is 24.2 Å². The van der Waals surface area contributed by atoms with E-state index < -0.39 is 6.04 Å². The van der Waals surface area contributed by atoms with Crippen LogP contribution in [0.25, 0.3) is 0 Å². The number of imide groups is 1. The fraction of sp³-hybridized carbons (Fsp3) is 0.591. The van der Waals surface area contributed by atoms with Gasteiger partial charge in [-0.3, -0.25) is 19.7 Å². The summed E-state index contributed by atoms with van der Waals surface area (Å²) < 4.78 is 0. The molecule has 5 rings (SSSR count). The topological polar surface area (TPSA) is 90.5 Å². The van der Waals surface area contributed by atoms with E-state index in [0.29, 0.717) is 36.5 Å². The highest BCUT2D eigenvalue weighted by Gasteiger charge is 2.43. The quantitative estimate of drug-likeness (QED) is 0.648. The SMILES string of the molecule is O=C1CCC(N2Cc3c(CNCC4CC5(CCC5)CN4)cccc3C2=O)C(=O)N1. The van der Waals surface area contributed by atoms with E-state index in [1.165, 1.54) is 25.7 Å². The third kappa shape index (κ3) is 3.36. The molecule has 7 nitrogen and oxygen atoms in total. The fourth-order valence-corrected chi connectivity index (χ4v) is 5.43. The van der Waals surface area contributed by atoms with Crippen LogP contribution in [0, 0.1) is 5.41 Å². The molecule has 0 aromatic heterocycles. The van der Waals surface area contributed by atoms with Crippen LogP contribution in [0.5, 0.6) is 0 Å². The standard InChI is InChI=1S/C22H28N4O3/c27-19-6-5-18(20(28)25-19)26-12-17-14(3-1-4-16(17)21(26)29)10-23-11-15-9-22(13-24-15)7-2-8-22/h1,3-4,15,18,23-24H,2,5-13H2,(H,25,27,28). The first kappa shape index (κ1) is 18.8. The first-order chi connectivity index (χ1) is 14.0. The Hall–Kier alpha value is -2.25. The zero-order valence-electron chi connectivity index (χ0n) is 16.6. The Kier molecular flexibility index (Phi) is 4.67. The van der Waals surface area contributed by atoms with Crippen LogP contribution in [0.1, 0.15) is 60.0 Å². The molecular formula is C22H28N4O3. The number of amides is 3. The van der Waals surface area contributed by atoms with Gasteiger partial charge in [0, 0.05) is 44.2 Å². The minimum atomic E-state index is -0.560. The van der Waals surface area contributed by atoms with Crippen molar-refractivity contribution in [2.75, 3.05) is 13.1 Å². The zero-order chi connectivity index (χ0) is 20.0. The van der Waals surface area contributed by atoms with Gasteiger partial charge in [-0.25, -0.2) is 0 Å². The smallest absolute Gasteiger partial charge is 0.255 e. The van der Waals surface area contributed by atoms with E-state index in [9.17, 15) is 14.4 Å². The molecule has 4 aliphatic rings. The van der Waals surface area contributed by atoms with Gasteiger partial charge in [-0.05, 0) is 48.3 Å². The Morgan fingerprint density at radius 2 is 2.07 bits per heavy atom. The van der Waals surface area contributed by atoms with E-state index in [2.05, 4.69) is 22.0 Å². The molecule has 3 heterocycles. The summed E-state index contributed by atoms with van der Waals surface area (Å²) in [4.78, 5) is 38.2. The first-order valence-electron chi connectivity index (χ1n) is 10.7. The summed E-state index contributed by atoms with van der Waals surface area (Å²) in [5.41, 5.74) is 3.36. The number of carbonyl (C=O) groups is 3. The van der Waals surface area contributed by atoms with E-state index in [1.54, 1.807) is 4.90 Å². The molecule has 3 fully saturated rings. The Labute approximate surface area is 170 Å². The number of benzene rings is 1. The molecule has 1 saturated carbocycles. The molecule has 154 valence electrons. The predicted molar refractivity (Wildman–Crippen MR) is 107 cm³/mol. The van der Waals surface area contributed by atoms with Gasteiger partial charge >= 0.3 is 0 Å². The summed E-state index contributed by atoms with van der Waals surface area (Å²) in [6.45, 7) is 3.22. The van der Waals surface area contributed by atoms with E-state index in [1.807, 2.05) is 12.1 Å². The first-order valence-corrected chi connectivity index (χ1v) is 10.7. The molecule has 0 bridgehead atoms. The van der Waals surface area contributed by atoms with Crippen LogP contribution in [0.3, 0.4) is 0 Å². The van der Waals surface area contributed by atoms with Crippen LogP contribution in [-0.2, 0) is 22.7 Å². The van der Waals surface area contributed by atoms with Gasteiger partial charge < -0.3 is 15.5 Å². The molecule has 1 spiro atoms. The second kappa shape index (κ2) is 7.22. The molecule has 3 aliphatic heterocycles. The van der Waals surface area contributed by atoms with Crippen LogP contribution < -0.4 is 16.0 Å². The fourth-order valence-electron chi connectivity index (χ4n) is 5.43. The molecule has 2 saturated heterocycles. The summed E-state index contributed by atoms with van der Waals surface area (Å²) >= 11 is 0. The highest BCUT2D eigenvalue weighted by atomic mass is 16.2. The molecule has 2 unspecified atom stereocenters. The number of hydrogen-bond donors (Lipinski definition) is 3. The van der Waals surface area contributed by atoms with Gasteiger partial charge in [0.2, 0.25) is 11.8 Å². The minimum Gasteiger partial charge on any atom is -0.322 e. The lowest BCUT2D eigenvalue weighted by Crippen LogP contribution is -2.52. The van der Waals surface area contributed by atoms with Gasteiger partial charge in [0.05, 0.1) is 0 Å². The van der Waals surface area contributed by atoms with E-state index in [4.69, 9.17) is 0 Å². The van der Waals surface area contributed by atoms with E-state index >= 15 is 0 Å². The Morgan fingerprint density at radius 1 is 1.21 bits per heavy atom. The van der Waals surface area contributed by atoms with Crippen LogP contribution in [-0.4, -0.2) is 47.8 Å². The lowest BCUT2D eigenvalue weighted by atomic mass is 9.67. The maximum absolute atomic E-state index is 12.9. The van der Waals surface area contributed by atoms with Gasteiger partial charge in [-0.1, -0.05) is 18.6 Å². The number of piperidine rings is 1. The van der Waals surface area contributed by atoms with Crippen molar-refractivity contribution >= 4 is 17.7 Å². The number of rotatable bonds is 5. The summed E-state index contributed by atoms with van der Waals surface area (Å²) in [7, 11) is 0. The molecular weight excluding hydrogens is 368 g/mol. The van der Waals surface area contributed by atoms with Crippen molar-refractivity contribution in [3.8, 4) is 0 Å². The van der Waals surface area contributed by atoms with Crippen molar-refractivity contribution in [2.45, 2.75) is 63.7 Å². The van der Waals surface area contributed by atoms with Gasteiger partial charge in [0.1, 0.15) is 6.04 Å². The molecule has 2 atom stereocenters. The third-order valence-corrected chi connectivity index (χ3v) is 7.24. The van der Waals surface area contributed by atoms with Gasteiger partial charge in [0.25, 0.3) is 5.91 Å². The average molecular weight is 396 g/mol. The highest BCUT2D eigenvalue weighted by Crippen LogP contribution is 2.46. The average Bonchev–Trinajstić information content (AvgIpc) is 3.25. The lowest BCUT2D eigenvalue weighted by molar-refractivity contribution is -0.136. The second-order valence-electron chi connectivity index (χ2n) is 9.11. The Morgan fingerprint density at radius 3 is 2.79 bits per heavy atom. The van der Waals surface area contributed by atoms with Crippen molar-refractivity contribution in [3.05, 3.63) is 34.9 Å². The molecule has 0 radical (unpaired) electrons. The van der Waals surface area contributed by atoms with Crippen LogP contribution >= 0.6 is 0 Å². The van der Waals surface area contributed by atoms with Crippen molar-refractivity contribution in [3.63, 3.8) is 0 Å². The number of fused-ring (bicyclic) bond motifs is 1. The molecule has 1 aromatic carbocycles. The van der Waals surface area contributed by atoms with Crippen LogP contribution in [0.4, 0.5) is 0 Å². The number of hydrogen-bond acceptors (Lipinski definition) is 5. The highest BCUT2D eigenvalue weighted by molar-refractivity contribution is 6.05. The predicted octanol–water partition coefficient (Wildman–Crippen LogP) is 1.07. The van der Waals surface area contributed by atoms with Crippen molar-refractivity contribution in [2.24, 2.45) is 5.41 Å². The monoisotopic (exact) mass is 396 g/mol. The maximum atomic E-state index is 12.9. The largest absolute Gasteiger partial charge is 0.322 e. The number of carbonyl (C=O) groups excluding carboxylic acids is 3. The summed E-state index contributed by atoms with van der Waals surface area (Å²) in [5.74, 6) is -0.732. The van der Waals surface area contributed by atoms with Crippen molar-refractivity contribution in [1.82, 2.24) is 20.9 Å². The maximum Gasteiger partial charge on any atom is 0.255 e. The van der Waals surface area contributed by atoms with Gasteiger partial charge in [-0.15, -0.1) is 0 Å². The normalized spacial score (nSPS) is 27.9. The molecule has 3 amide bonds. The molecule has 3 N–H and O–H groups in total. The van der Waals surface area contributed by atoms with Crippen LogP contribution in [0.2, 0.25) is 0 Å². The third-order valence-electron chi connectivity index (χ3n) is 7.24. The summed E-state index contributed by atoms with van der Waals surface area (Å²) in [6.07, 6.45) is 6.03. The van der Waals surface area contributed by atoms with Gasteiger partial charge in [-0.2, -0.15) is 0 Å². The molecule has 1 aromatic rings. The Balaban J connectivity index is 1.22. The van der Waals surface area contributed by atoms with Gasteiger partial charge in [0.15, 0.2) is 0 Å². The minimum absolute atomic E-state index is 0.110. The van der Waals surface area contributed by atoms with Crippen LogP contribution in [0.15, 0.2) is 18.2 Å². The molecule has 7 heteroatoms. The molecule has 29 heavy (non-hydrogen) atoms. The number of nitrogens with one attached hydrogen (secondary N) is 3. The zero-order valence-corrected chi connectivity index (χ0v) is 16.6. The Bertz CT molecular complexity index is 864. The molecule has 1 aliphatic carbocycles. The second-order valence-corrected chi connectivity index (χ2v) is 9.11. The van der Waals surface area contributed by atoms with E-state index in [-0.39, 0.29) is 24.1 Å². The lowest BCUT2D eigenvalue weighted by Gasteiger charge is -2.37.